The Morgan fingerprint density at radius 2 is 1.58 bits per heavy atom. The van der Waals surface area contributed by atoms with Gasteiger partial charge in [-0.05, 0) is 30.5 Å². The fraction of sp³-hybridized carbons (Fsp3) is 0.333. The van der Waals surface area contributed by atoms with E-state index in [0.29, 0.717) is 26.3 Å². The molecule has 6 nitrogen and oxygen atoms in total. The number of nitrogens with one attached hydrogen (secondary N) is 2. The van der Waals surface area contributed by atoms with Crippen LogP contribution in [0.2, 0.25) is 0 Å². The summed E-state index contributed by atoms with van der Waals surface area (Å²) in [4.78, 5) is 4.35. The molecule has 0 saturated heterocycles. The van der Waals surface area contributed by atoms with E-state index < -0.39 is 0 Å². The van der Waals surface area contributed by atoms with E-state index in [2.05, 4.69) is 58.0 Å². The molecule has 3 aromatic rings. The molecule has 0 spiro atoms. The lowest BCUT2D eigenvalue weighted by Gasteiger charge is -2.15. The van der Waals surface area contributed by atoms with Crippen LogP contribution in [0.1, 0.15) is 33.6 Å². The molecular formula is C24H32IN5O. The van der Waals surface area contributed by atoms with Crippen molar-refractivity contribution >= 4 is 29.9 Å². The lowest BCUT2D eigenvalue weighted by Crippen LogP contribution is -2.36. The molecule has 166 valence electrons. The van der Waals surface area contributed by atoms with Crippen LogP contribution in [0, 0.1) is 13.8 Å². The summed E-state index contributed by atoms with van der Waals surface area (Å²) in [5, 5.41) is 11.3. The van der Waals surface area contributed by atoms with E-state index in [-0.39, 0.29) is 24.0 Å². The van der Waals surface area contributed by atoms with Crippen molar-refractivity contribution in [2.45, 2.75) is 40.2 Å². The molecule has 0 aliphatic heterocycles. The van der Waals surface area contributed by atoms with Crippen molar-refractivity contribution in [3.05, 3.63) is 88.2 Å². The molecule has 7 heteroatoms. The Kier molecular flexibility index (Phi) is 10.00. The maximum absolute atomic E-state index is 5.93. The van der Waals surface area contributed by atoms with Crippen molar-refractivity contribution in [1.29, 1.82) is 0 Å². The third kappa shape index (κ3) is 7.07. The number of benzene rings is 2. The van der Waals surface area contributed by atoms with E-state index in [9.17, 15) is 0 Å². The fourth-order valence-electron chi connectivity index (χ4n) is 3.37. The predicted octanol–water partition coefficient (Wildman–Crippen LogP) is 4.24. The molecular weight excluding hydrogens is 501 g/mol. The lowest BCUT2D eigenvalue weighted by molar-refractivity contribution is 0.106. The van der Waals surface area contributed by atoms with Gasteiger partial charge in [0.15, 0.2) is 5.96 Å². The topological polar surface area (TPSA) is 63.5 Å². The van der Waals surface area contributed by atoms with Gasteiger partial charge >= 0.3 is 0 Å². The van der Waals surface area contributed by atoms with Crippen LogP contribution in [0.15, 0.2) is 59.6 Å². The minimum atomic E-state index is 0. The van der Waals surface area contributed by atoms with Crippen LogP contribution in [0.3, 0.4) is 0 Å². The van der Waals surface area contributed by atoms with E-state index in [1.54, 1.807) is 7.05 Å². The summed E-state index contributed by atoms with van der Waals surface area (Å²) in [6.45, 7) is 6.66. The highest BCUT2D eigenvalue weighted by Crippen LogP contribution is 2.13. The molecule has 2 aromatic carbocycles. The zero-order chi connectivity index (χ0) is 21.3. The monoisotopic (exact) mass is 533 g/mol. The van der Waals surface area contributed by atoms with Crippen molar-refractivity contribution in [2.24, 2.45) is 12.0 Å². The van der Waals surface area contributed by atoms with Gasteiger partial charge < -0.3 is 15.4 Å². The number of aliphatic imine (C=N–C) groups is 1. The van der Waals surface area contributed by atoms with Crippen LogP contribution in [0.4, 0.5) is 0 Å². The van der Waals surface area contributed by atoms with Crippen molar-refractivity contribution in [3.8, 4) is 0 Å². The molecule has 0 unspecified atom stereocenters. The molecule has 1 heterocycles. The Labute approximate surface area is 202 Å². The number of ether oxygens (including phenoxy) is 1. The first-order valence-electron chi connectivity index (χ1n) is 10.2. The van der Waals surface area contributed by atoms with Gasteiger partial charge in [0.05, 0.1) is 18.9 Å². The third-order valence-corrected chi connectivity index (χ3v) is 5.25. The molecule has 1 aromatic heterocycles. The second-order valence-corrected chi connectivity index (χ2v) is 7.30. The van der Waals surface area contributed by atoms with E-state index >= 15 is 0 Å². The lowest BCUT2D eigenvalue weighted by atomic mass is 10.1. The van der Waals surface area contributed by atoms with Crippen molar-refractivity contribution < 1.29 is 4.74 Å². The number of halogens is 1. The molecule has 0 aliphatic carbocycles. The van der Waals surface area contributed by atoms with Gasteiger partial charge in [0.25, 0.3) is 0 Å². The molecule has 0 amide bonds. The average molecular weight is 533 g/mol. The highest BCUT2D eigenvalue weighted by atomic mass is 127. The second-order valence-electron chi connectivity index (χ2n) is 7.30. The van der Waals surface area contributed by atoms with Crippen LogP contribution in [-0.2, 0) is 38.1 Å². The van der Waals surface area contributed by atoms with Crippen LogP contribution in [-0.4, -0.2) is 22.8 Å². The van der Waals surface area contributed by atoms with Crippen LogP contribution < -0.4 is 10.6 Å². The molecule has 31 heavy (non-hydrogen) atoms. The molecule has 0 aliphatic rings. The summed E-state index contributed by atoms with van der Waals surface area (Å²) in [7, 11) is 3.75. The maximum atomic E-state index is 5.93. The van der Waals surface area contributed by atoms with Crippen LogP contribution in [0.25, 0.3) is 0 Å². The SMILES string of the molecule is CN=C(NCc1ccccc1COCc1ccccc1)NCc1c(C)nn(C)c1C.I. The molecule has 0 fully saturated rings. The summed E-state index contributed by atoms with van der Waals surface area (Å²) < 4.78 is 7.84. The first kappa shape index (κ1) is 24.9. The number of hydrogen-bond acceptors (Lipinski definition) is 3. The van der Waals surface area contributed by atoms with Gasteiger partial charge in [-0.25, -0.2) is 0 Å². The minimum absolute atomic E-state index is 0. The largest absolute Gasteiger partial charge is 0.372 e. The zero-order valence-corrected chi connectivity index (χ0v) is 21.0. The summed E-state index contributed by atoms with van der Waals surface area (Å²) >= 11 is 0. The number of hydrogen-bond donors (Lipinski definition) is 2. The summed E-state index contributed by atoms with van der Waals surface area (Å²) in [6, 6.07) is 18.6. The second kappa shape index (κ2) is 12.5. The van der Waals surface area contributed by atoms with Crippen LogP contribution >= 0.6 is 24.0 Å². The maximum Gasteiger partial charge on any atom is 0.191 e. The van der Waals surface area contributed by atoms with Gasteiger partial charge in [-0.3, -0.25) is 9.67 Å². The molecule has 0 atom stereocenters. The third-order valence-electron chi connectivity index (χ3n) is 5.25. The van der Waals surface area contributed by atoms with E-state index in [0.717, 1.165) is 17.3 Å². The van der Waals surface area contributed by atoms with Gasteiger partial charge in [-0.1, -0.05) is 54.6 Å². The normalized spacial score (nSPS) is 11.2. The van der Waals surface area contributed by atoms with Crippen LogP contribution in [0.5, 0.6) is 0 Å². The first-order chi connectivity index (χ1) is 14.6. The summed E-state index contributed by atoms with van der Waals surface area (Å²) in [5.74, 6) is 0.762. The quantitative estimate of drug-likeness (QED) is 0.259. The molecule has 2 N–H and O–H groups in total. The zero-order valence-electron chi connectivity index (χ0n) is 18.7. The van der Waals surface area contributed by atoms with Gasteiger partial charge in [-0.15, -0.1) is 24.0 Å². The summed E-state index contributed by atoms with van der Waals surface area (Å²) in [6.07, 6.45) is 0. The predicted molar refractivity (Wildman–Crippen MR) is 137 cm³/mol. The van der Waals surface area contributed by atoms with Gasteiger partial charge in [0.1, 0.15) is 0 Å². The molecule has 0 radical (unpaired) electrons. The Balaban J connectivity index is 0.00000341. The Hall–Kier alpha value is -2.39. The molecule has 3 rings (SSSR count). The Bertz CT molecular complexity index is 985. The molecule has 0 saturated carbocycles. The first-order valence-corrected chi connectivity index (χ1v) is 10.2. The summed E-state index contributed by atoms with van der Waals surface area (Å²) in [5.41, 5.74) is 6.96. The van der Waals surface area contributed by atoms with Crippen molar-refractivity contribution in [2.75, 3.05) is 7.05 Å². The van der Waals surface area contributed by atoms with E-state index in [1.807, 2.05) is 42.9 Å². The fourth-order valence-corrected chi connectivity index (χ4v) is 3.37. The van der Waals surface area contributed by atoms with Gasteiger partial charge in [-0.2, -0.15) is 5.10 Å². The number of nitrogens with zero attached hydrogens (tertiary/aromatic N) is 3. The molecule has 0 bridgehead atoms. The number of aryl methyl sites for hydroxylation is 2. The smallest absolute Gasteiger partial charge is 0.191 e. The van der Waals surface area contributed by atoms with Crippen molar-refractivity contribution in [3.63, 3.8) is 0 Å². The highest BCUT2D eigenvalue weighted by Gasteiger charge is 2.10. The van der Waals surface area contributed by atoms with Crippen molar-refractivity contribution in [1.82, 2.24) is 20.4 Å². The number of rotatable bonds is 8. The van der Waals surface area contributed by atoms with Gasteiger partial charge in [0.2, 0.25) is 0 Å². The number of aromatic nitrogens is 2. The average Bonchev–Trinajstić information content (AvgIpc) is 3.01. The standard InChI is InChI=1S/C24H31N5O.HI/c1-18-23(19(2)29(4)28-18)15-27-24(25-3)26-14-21-12-8-9-13-22(21)17-30-16-20-10-6-5-7-11-20;/h5-13H,14-17H2,1-4H3,(H2,25,26,27);1H. The highest BCUT2D eigenvalue weighted by molar-refractivity contribution is 14.0. The Morgan fingerprint density at radius 3 is 2.23 bits per heavy atom. The number of guanidine groups is 1. The Morgan fingerprint density at radius 1 is 0.935 bits per heavy atom. The van der Waals surface area contributed by atoms with Gasteiger partial charge in [0, 0.05) is 38.4 Å². The minimum Gasteiger partial charge on any atom is -0.372 e. The van der Waals surface area contributed by atoms with E-state index in [1.165, 1.54) is 22.3 Å². The van der Waals surface area contributed by atoms with E-state index in [4.69, 9.17) is 4.74 Å².